The Morgan fingerprint density at radius 1 is 1.23 bits per heavy atom. The lowest BCUT2D eigenvalue weighted by Gasteiger charge is -2.27. The van der Waals surface area contributed by atoms with Gasteiger partial charge in [-0.3, -0.25) is 9.89 Å². The fourth-order valence-corrected chi connectivity index (χ4v) is 4.37. The second-order valence-electron chi connectivity index (χ2n) is 8.13. The molecule has 3 aromatic rings. The number of carbonyl (C=O) groups excluding carboxylic acids is 1. The summed E-state index contributed by atoms with van der Waals surface area (Å²) in [6.07, 6.45) is 6.25. The van der Waals surface area contributed by atoms with Crippen molar-refractivity contribution >= 4 is 34.6 Å². The van der Waals surface area contributed by atoms with Crippen LogP contribution in [0.3, 0.4) is 0 Å². The first kappa shape index (κ1) is 19.8. The number of aromatic amines is 1. The zero-order chi connectivity index (χ0) is 21.2. The standard InChI is InChI=1S/C21H27N7O3/c1-22-20(29)16-12-15-18(31-16)19(28-6-8-30-9-7-28)25-21(23-15)24-17-11-14(26-27-17)10-13-4-2-3-5-13/h11-13H,2-10H2,1H3,(H,22,29)(H2,23,24,25,26,27). The van der Waals surface area contributed by atoms with Crippen LogP contribution in [0.2, 0.25) is 0 Å². The van der Waals surface area contributed by atoms with E-state index in [0.717, 1.165) is 18.0 Å². The number of carbonyl (C=O) groups is 1. The highest BCUT2D eigenvalue weighted by atomic mass is 16.5. The van der Waals surface area contributed by atoms with Crippen LogP contribution in [0.15, 0.2) is 16.5 Å². The summed E-state index contributed by atoms with van der Waals surface area (Å²) in [6.45, 7) is 2.60. The van der Waals surface area contributed by atoms with Crippen molar-refractivity contribution in [3.05, 3.63) is 23.6 Å². The fraction of sp³-hybridized carbons (Fsp3) is 0.524. The lowest BCUT2D eigenvalue weighted by atomic mass is 10.0. The van der Waals surface area contributed by atoms with E-state index in [4.69, 9.17) is 14.1 Å². The smallest absolute Gasteiger partial charge is 0.286 e. The summed E-state index contributed by atoms with van der Waals surface area (Å²) in [4.78, 5) is 23.4. The molecule has 10 heteroatoms. The average Bonchev–Trinajstić information content (AvgIpc) is 3.55. The minimum absolute atomic E-state index is 0.206. The third-order valence-corrected chi connectivity index (χ3v) is 5.97. The molecule has 10 nitrogen and oxygen atoms in total. The number of aromatic nitrogens is 4. The molecule has 2 fully saturated rings. The molecule has 1 aliphatic carbocycles. The zero-order valence-corrected chi connectivity index (χ0v) is 17.6. The molecule has 1 aliphatic heterocycles. The van der Waals surface area contributed by atoms with Crippen LogP contribution < -0.4 is 15.5 Å². The van der Waals surface area contributed by atoms with Crippen molar-refractivity contribution in [2.45, 2.75) is 32.1 Å². The van der Waals surface area contributed by atoms with E-state index in [0.29, 0.717) is 55.0 Å². The van der Waals surface area contributed by atoms with E-state index in [-0.39, 0.29) is 11.7 Å². The summed E-state index contributed by atoms with van der Waals surface area (Å²) in [7, 11) is 1.57. The summed E-state index contributed by atoms with van der Waals surface area (Å²) in [5.41, 5.74) is 2.18. The third-order valence-electron chi connectivity index (χ3n) is 5.97. The van der Waals surface area contributed by atoms with Crippen LogP contribution in [0, 0.1) is 5.92 Å². The maximum atomic E-state index is 12.1. The molecule has 1 saturated heterocycles. The topological polar surface area (TPSA) is 121 Å². The number of nitrogens with one attached hydrogen (secondary N) is 3. The predicted octanol–water partition coefficient (Wildman–Crippen LogP) is 2.62. The van der Waals surface area contributed by atoms with Gasteiger partial charge in [0.1, 0.15) is 5.52 Å². The van der Waals surface area contributed by atoms with Crippen molar-refractivity contribution in [3.8, 4) is 0 Å². The van der Waals surface area contributed by atoms with Crippen molar-refractivity contribution < 1.29 is 13.9 Å². The van der Waals surface area contributed by atoms with Crippen LogP contribution in [0.5, 0.6) is 0 Å². The van der Waals surface area contributed by atoms with E-state index in [1.165, 1.54) is 25.7 Å². The molecule has 1 saturated carbocycles. The summed E-state index contributed by atoms with van der Waals surface area (Å²) in [5, 5.41) is 13.3. The molecule has 0 aromatic carbocycles. The largest absolute Gasteiger partial charge is 0.445 e. The SMILES string of the molecule is CNC(=O)c1cc2nc(Nc3cc(CC4CCCC4)[nH]n3)nc(N3CCOCC3)c2o1. The molecule has 1 amide bonds. The minimum atomic E-state index is -0.302. The number of ether oxygens (including phenoxy) is 1. The lowest BCUT2D eigenvalue weighted by molar-refractivity contribution is 0.0937. The Bertz CT molecular complexity index is 1060. The molecule has 0 unspecified atom stereocenters. The van der Waals surface area contributed by atoms with Gasteiger partial charge in [-0.25, -0.2) is 4.98 Å². The Hall–Kier alpha value is -3.14. The highest BCUT2D eigenvalue weighted by Crippen LogP contribution is 2.31. The van der Waals surface area contributed by atoms with Gasteiger partial charge >= 0.3 is 0 Å². The first-order chi connectivity index (χ1) is 15.2. The van der Waals surface area contributed by atoms with E-state index in [9.17, 15) is 4.79 Å². The molecular weight excluding hydrogens is 398 g/mol. The fourth-order valence-electron chi connectivity index (χ4n) is 4.37. The van der Waals surface area contributed by atoms with Crippen molar-refractivity contribution in [2.24, 2.45) is 5.92 Å². The van der Waals surface area contributed by atoms with E-state index in [1.54, 1.807) is 13.1 Å². The monoisotopic (exact) mass is 425 g/mol. The Balaban J connectivity index is 1.43. The predicted molar refractivity (Wildman–Crippen MR) is 116 cm³/mol. The van der Waals surface area contributed by atoms with Gasteiger partial charge in [-0.2, -0.15) is 10.1 Å². The van der Waals surface area contributed by atoms with E-state index in [1.807, 2.05) is 6.07 Å². The van der Waals surface area contributed by atoms with Crippen LogP contribution in [-0.4, -0.2) is 59.4 Å². The van der Waals surface area contributed by atoms with Gasteiger partial charge in [0.2, 0.25) is 5.95 Å². The van der Waals surface area contributed by atoms with Gasteiger partial charge in [0, 0.05) is 38.0 Å². The number of hydrogen-bond acceptors (Lipinski definition) is 8. The number of morpholine rings is 1. The quantitative estimate of drug-likeness (QED) is 0.551. The van der Waals surface area contributed by atoms with Crippen molar-refractivity contribution in [1.82, 2.24) is 25.5 Å². The second kappa shape index (κ2) is 8.54. The number of amides is 1. The third kappa shape index (κ3) is 4.20. The number of fused-ring (bicyclic) bond motifs is 1. The number of hydrogen-bond donors (Lipinski definition) is 3. The van der Waals surface area contributed by atoms with Crippen molar-refractivity contribution in [1.29, 1.82) is 0 Å². The highest BCUT2D eigenvalue weighted by Gasteiger charge is 2.23. The van der Waals surface area contributed by atoms with Crippen molar-refractivity contribution in [3.63, 3.8) is 0 Å². The first-order valence-corrected chi connectivity index (χ1v) is 10.9. The van der Waals surface area contributed by atoms with Gasteiger partial charge in [0.05, 0.1) is 13.2 Å². The molecule has 0 spiro atoms. The normalized spacial score (nSPS) is 17.4. The number of rotatable bonds is 6. The van der Waals surface area contributed by atoms with Crippen LogP contribution in [0.4, 0.5) is 17.6 Å². The van der Waals surface area contributed by atoms with Crippen LogP contribution in [0.25, 0.3) is 11.1 Å². The number of anilines is 3. The molecule has 31 heavy (non-hydrogen) atoms. The van der Waals surface area contributed by atoms with Crippen LogP contribution in [0.1, 0.15) is 41.9 Å². The molecule has 164 valence electrons. The van der Waals surface area contributed by atoms with Gasteiger partial charge in [-0.05, 0) is 12.3 Å². The summed E-state index contributed by atoms with van der Waals surface area (Å²) < 4.78 is 11.3. The average molecular weight is 425 g/mol. The Morgan fingerprint density at radius 3 is 2.81 bits per heavy atom. The summed E-state index contributed by atoms with van der Waals surface area (Å²) in [6, 6.07) is 3.66. The maximum Gasteiger partial charge on any atom is 0.286 e. The molecule has 0 radical (unpaired) electrons. The highest BCUT2D eigenvalue weighted by molar-refractivity contribution is 5.97. The molecule has 3 aromatic heterocycles. The Morgan fingerprint density at radius 2 is 2.03 bits per heavy atom. The van der Waals surface area contributed by atoms with Gasteiger partial charge in [0.25, 0.3) is 5.91 Å². The number of H-pyrrole nitrogens is 1. The van der Waals surface area contributed by atoms with E-state index in [2.05, 4.69) is 30.7 Å². The lowest BCUT2D eigenvalue weighted by Crippen LogP contribution is -2.37. The molecule has 2 aliphatic rings. The van der Waals surface area contributed by atoms with Gasteiger partial charge in [0.15, 0.2) is 23.0 Å². The van der Waals surface area contributed by atoms with E-state index < -0.39 is 0 Å². The van der Waals surface area contributed by atoms with Crippen molar-refractivity contribution in [2.75, 3.05) is 43.6 Å². The van der Waals surface area contributed by atoms with E-state index >= 15 is 0 Å². The van der Waals surface area contributed by atoms with Crippen LogP contribution >= 0.6 is 0 Å². The summed E-state index contributed by atoms with van der Waals surface area (Å²) in [5.74, 6) is 2.38. The minimum Gasteiger partial charge on any atom is -0.445 e. The molecule has 4 heterocycles. The van der Waals surface area contributed by atoms with Crippen LogP contribution in [-0.2, 0) is 11.2 Å². The number of nitrogens with zero attached hydrogens (tertiary/aromatic N) is 4. The summed E-state index contributed by atoms with van der Waals surface area (Å²) >= 11 is 0. The molecule has 5 rings (SSSR count). The zero-order valence-electron chi connectivity index (χ0n) is 17.6. The molecule has 3 N–H and O–H groups in total. The Labute approximate surface area is 179 Å². The van der Waals surface area contributed by atoms with Gasteiger partial charge < -0.3 is 24.7 Å². The van der Waals surface area contributed by atoms with Gasteiger partial charge in [-0.15, -0.1) is 0 Å². The molecule has 0 bridgehead atoms. The number of furan rings is 1. The molecule has 0 atom stereocenters. The van der Waals surface area contributed by atoms with Gasteiger partial charge in [-0.1, -0.05) is 25.7 Å². The Kier molecular flexibility index (Phi) is 5.46. The molecular formula is C21H27N7O3. The maximum absolute atomic E-state index is 12.1. The second-order valence-corrected chi connectivity index (χ2v) is 8.13. The first-order valence-electron chi connectivity index (χ1n) is 10.9.